The Bertz CT molecular complexity index is 519. The lowest BCUT2D eigenvalue weighted by atomic mass is 10.0. The van der Waals surface area contributed by atoms with Gasteiger partial charge in [0.05, 0.1) is 25.5 Å². The van der Waals surface area contributed by atoms with Crippen LogP contribution in [-0.2, 0) is 23.9 Å². The topological polar surface area (TPSA) is 97.0 Å². The smallest absolute Gasteiger partial charge is 0.323 e. The molecular formula is C22H43N3O5. The molecule has 30 heavy (non-hydrogen) atoms. The van der Waals surface area contributed by atoms with Gasteiger partial charge in [0.25, 0.3) is 0 Å². The number of hydrogen-bond acceptors (Lipinski definition) is 7. The van der Waals surface area contributed by atoms with Gasteiger partial charge in [-0.1, -0.05) is 27.7 Å². The third-order valence-electron chi connectivity index (χ3n) is 5.10. The molecule has 2 unspecified atom stereocenters. The molecule has 1 aliphatic heterocycles. The second-order valence-electron chi connectivity index (χ2n) is 9.31. The van der Waals surface area contributed by atoms with Crippen LogP contribution in [0.3, 0.4) is 0 Å². The molecule has 0 bridgehead atoms. The summed E-state index contributed by atoms with van der Waals surface area (Å²) in [5.41, 5.74) is -0.253. The molecule has 176 valence electrons. The van der Waals surface area contributed by atoms with E-state index in [1.165, 1.54) is 7.11 Å². The predicted molar refractivity (Wildman–Crippen MR) is 118 cm³/mol. The number of carbonyl (C=O) groups excluding carboxylic acids is 3. The van der Waals surface area contributed by atoms with Crippen molar-refractivity contribution in [3.05, 3.63) is 0 Å². The first-order valence-corrected chi connectivity index (χ1v) is 10.8. The zero-order valence-corrected chi connectivity index (χ0v) is 20.1. The van der Waals surface area contributed by atoms with Crippen molar-refractivity contribution in [1.29, 1.82) is 0 Å². The molecule has 0 spiro atoms. The van der Waals surface area contributed by atoms with Crippen LogP contribution in [0.5, 0.6) is 0 Å². The van der Waals surface area contributed by atoms with Crippen LogP contribution in [0.15, 0.2) is 0 Å². The molecule has 1 heterocycles. The van der Waals surface area contributed by atoms with Gasteiger partial charge < -0.3 is 24.5 Å². The SMILES string of the molecule is C=O.COC(=O)C(NC[C@@H]1CCCN1C(=O)C(NCOC(C)(C)C)C(C)C)C(C)C. The van der Waals surface area contributed by atoms with Crippen LogP contribution in [0.25, 0.3) is 0 Å². The average Bonchev–Trinajstić information content (AvgIpc) is 3.13. The molecule has 1 fully saturated rings. The molecule has 8 heteroatoms. The Morgan fingerprint density at radius 1 is 1.07 bits per heavy atom. The van der Waals surface area contributed by atoms with E-state index in [-0.39, 0.29) is 47.4 Å². The second kappa shape index (κ2) is 13.7. The third-order valence-corrected chi connectivity index (χ3v) is 5.10. The van der Waals surface area contributed by atoms with Gasteiger partial charge in [0.2, 0.25) is 5.91 Å². The molecule has 3 atom stereocenters. The maximum Gasteiger partial charge on any atom is 0.323 e. The first-order chi connectivity index (χ1) is 14.0. The van der Waals surface area contributed by atoms with Crippen LogP contribution in [0.4, 0.5) is 0 Å². The van der Waals surface area contributed by atoms with Crippen molar-refractivity contribution >= 4 is 18.7 Å². The van der Waals surface area contributed by atoms with E-state index in [4.69, 9.17) is 14.3 Å². The van der Waals surface area contributed by atoms with E-state index in [9.17, 15) is 9.59 Å². The van der Waals surface area contributed by atoms with E-state index < -0.39 is 0 Å². The van der Waals surface area contributed by atoms with Crippen molar-refractivity contribution in [3.63, 3.8) is 0 Å². The number of methoxy groups -OCH3 is 1. The lowest BCUT2D eigenvalue weighted by Gasteiger charge is -2.33. The van der Waals surface area contributed by atoms with Crippen LogP contribution >= 0.6 is 0 Å². The van der Waals surface area contributed by atoms with Gasteiger partial charge in [0, 0.05) is 19.1 Å². The van der Waals surface area contributed by atoms with E-state index >= 15 is 0 Å². The van der Waals surface area contributed by atoms with Crippen LogP contribution in [0, 0.1) is 11.8 Å². The van der Waals surface area contributed by atoms with Crippen molar-refractivity contribution in [2.75, 3.05) is 26.9 Å². The minimum absolute atomic E-state index is 0.0880. The molecule has 0 saturated carbocycles. The first-order valence-electron chi connectivity index (χ1n) is 10.8. The van der Waals surface area contributed by atoms with Gasteiger partial charge in [-0.3, -0.25) is 14.9 Å². The van der Waals surface area contributed by atoms with Crippen molar-refractivity contribution in [2.24, 2.45) is 11.8 Å². The van der Waals surface area contributed by atoms with Crippen LogP contribution in [0.1, 0.15) is 61.3 Å². The Labute approximate surface area is 182 Å². The highest BCUT2D eigenvalue weighted by molar-refractivity contribution is 5.82. The number of amides is 1. The van der Waals surface area contributed by atoms with Crippen LogP contribution < -0.4 is 10.6 Å². The summed E-state index contributed by atoms with van der Waals surface area (Å²) < 4.78 is 10.6. The van der Waals surface area contributed by atoms with Crippen molar-refractivity contribution < 1.29 is 23.9 Å². The molecule has 1 saturated heterocycles. The number of nitrogens with one attached hydrogen (secondary N) is 2. The summed E-state index contributed by atoms with van der Waals surface area (Å²) in [6.45, 7) is 17.7. The standard InChI is InChI=1S/C21H41N3O4.CH2O/c1-14(2)17(23-13-28-21(5,6)7)19(25)24-11-9-10-16(24)12-22-18(15(3)4)20(26)27-8;1-2/h14-18,22-23H,9-13H2,1-8H3;1H2/t16-,17?,18?;/m0./s1. The summed E-state index contributed by atoms with van der Waals surface area (Å²) in [7, 11) is 1.41. The van der Waals surface area contributed by atoms with Gasteiger partial charge in [0.15, 0.2) is 0 Å². The minimum Gasteiger partial charge on any atom is -0.468 e. The van der Waals surface area contributed by atoms with Gasteiger partial charge in [-0.15, -0.1) is 0 Å². The molecule has 2 N–H and O–H groups in total. The van der Waals surface area contributed by atoms with Crippen molar-refractivity contribution in [3.8, 4) is 0 Å². The molecule has 0 aromatic rings. The van der Waals surface area contributed by atoms with Gasteiger partial charge in [0.1, 0.15) is 12.8 Å². The highest BCUT2D eigenvalue weighted by Gasteiger charge is 2.35. The van der Waals surface area contributed by atoms with Gasteiger partial charge in [-0.25, -0.2) is 0 Å². The molecule has 0 aromatic heterocycles. The summed E-state index contributed by atoms with van der Waals surface area (Å²) in [5.74, 6) is 0.129. The molecule has 0 aromatic carbocycles. The zero-order valence-electron chi connectivity index (χ0n) is 20.1. The van der Waals surface area contributed by atoms with E-state index in [0.717, 1.165) is 19.4 Å². The minimum atomic E-state index is -0.359. The molecule has 8 nitrogen and oxygen atoms in total. The number of carbonyl (C=O) groups is 3. The highest BCUT2D eigenvalue weighted by atomic mass is 16.5. The Morgan fingerprint density at radius 3 is 2.10 bits per heavy atom. The number of nitrogens with zero attached hydrogens (tertiary/aromatic N) is 1. The average molecular weight is 430 g/mol. The predicted octanol–water partition coefficient (Wildman–Crippen LogP) is 1.97. The quantitative estimate of drug-likeness (QED) is 0.405. The maximum atomic E-state index is 13.2. The molecule has 1 amide bonds. The lowest BCUT2D eigenvalue weighted by Crippen LogP contribution is -2.54. The van der Waals surface area contributed by atoms with Gasteiger partial charge in [-0.05, 0) is 45.4 Å². The third kappa shape index (κ3) is 9.53. The molecule has 1 rings (SSSR count). The Morgan fingerprint density at radius 2 is 1.63 bits per heavy atom. The molecule has 1 aliphatic rings. The Hall–Kier alpha value is -1.51. The zero-order chi connectivity index (χ0) is 23.5. The maximum absolute atomic E-state index is 13.2. The normalized spacial score (nSPS) is 18.7. The summed E-state index contributed by atoms with van der Waals surface area (Å²) in [5, 5.41) is 6.59. The van der Waals surface area contributed by atoms with E-state index in [1.807, 2.05) is 60.2 Å². The molecule has 0 radical (unpaired) electrons. The fraction of sp³-hybridized carbons (Fsp3) is 0.864. The van der Waals surface area contributed by atoms with E-state index in [1.54, 1.807) is 0 Å². The van der Waals surface area contributed by atoms with Gasteiger partial charge in [-0.2, -0.15) is 0 Å². The fourth-order valence-electron chi connectivity index (χ4n) is 3.45. The van der Waals surface area contributed by atoms with Crippen LogP contribution in [-0.4, -0.2) is 74.2 Å². The Balaban J connectivity index is 0.00000407. The van der Waals surface area contributed by atoms with Crippen LogP contribution in [0.2, 0.25) is 0 Å². The number of likely N-dealkylation sites (tertiary alicyclic amines) is 1. The monoisotopic (exact) mass is 429 g/mol. The summed E-state index contributed by atoms with van der Waals surface area (Å²) in [6, 6.07) is -0.559. The number of ether oxygens (including phenoxy) is 2. The van der Waals surface area contributed by atoms with Gasteiger partial charge >= 0.3 is 5.97 Å². The summed E-state index contributed by atoms with van der Waals surface area (Å²) in [6.07, 6.45) is 1.92. The molecular weight excluding hydrogens is 386 g/mol. The fourth-order valence-corrected chi connectivity index (χ4v) is 3.45. The second-order valence-corrected chi connectivity index (χ2v) is 9.31. The first kappa shape index (κ1) is 28.5. The summed E-state index contributed by atoms with van der Waals surface area (Å²) in [4.78, 5) is 35.1. The van der Waals surface area contributed by atoms with E-state index in [0.29, 0.717) is 13.3 Å². The number of esters is 1. The largest absolute Gasteiger partial charge is 0.468 e. The number of hydrogen-bond donors (Lipinski definition) is 2. The molecule has 0 aliphatic carbocycles. The van der Waals surface area contributed by atoms with Crippen molar-refractivity contribution in [1.82, 2.24) is 15.5 Å². The summed E-state index contributed by atoms with van der Waals surface area (Å²) >= 11 is 0. The Kier molecular flexibility index (Phi) is 13.0. The van der Waals surface area contributed by atoms with E-state index in [2.05, 4.69) is 10.6 Å². The number of rotatable bonds is 10. The lowest BCUT2D eigenvalue weighted by molar-refractivity contribution is -0.144. The highest BCUT2D eigenvalue weighted by Crippen LogP contribution is 2.20. The van der Waals surface area contributed by atoms with Crippen molar-refractivity contribution in [2.45, 2.75) is 85.0 Å².